The first-order valence-corrected chi connectivity index (χ1v) is 10.6. The van der Waals surface area contributed by atoms with Gasteiger partial charge in [0.05, 0.1) is 6.26 Å². The summed E-state index contributed by atoms with van der Waals surface area (Å²) in [5.41, 5.74) is 3.35. The van der Waals surface area contributed by atoms with Crippen molar-refractivity contribution in [2.75, 3.05) is 18.9 Å². The molecule has 0 saturated heterocycles. The van der Waals surface area contributed by atoms with Crippen LogP contribution in [0.2, 0.25) is 0 Å². The molecule has 32 heavy (non-hydrogen) atoms. The van der Waals surface area contributed by atoms with Gasteiger partial charge in [-0.3, -0.25) is 9.79 Å². The number of guanidine groups is 1. The maximum atomic E-state index is 12.2. The summed E-state index contributed by atoms with van der Waals surface area (Å²) in [6.45, 7) is 1.46. The molecule has 2 aromatic carbocycles. The first kappa shape index (κ1) is 23.8. The van der Waals surface area contributed by atoms with E-state index in [-0.39, 0.29) is 41.1 Å². The van der Waals surface area contributed by atoms with E-state index in [0.717, 1.165) is 23.8 Å². The lowest BCUT2D eigenvalue weighted by Gasteiger charge is -2.43. The van der Waals surface area contributed by atoms with Gasteiger partial charge in [-0.05, 0) is 48.2 Å². The van der Waals surface area contributed by atoms with Gasteiger partial charge in [0.25, 0.3) is 5.91 Å². The zero-order valence-electron chi connectivity index (χ0n) is 18.1. The Bertz CT molecular complexity index is 1030. The van der Waals surface area contributed by atoms with Crippen molar-refractivity contribution in [3.63, 3.8) is 0 Å². The summed E-state index contributed by atoms with van der Waals surface area (Å²) in [6.07, 6.45) is 5.13. The van der Waals surface area contributed by atoms with Crippen molar-refractivity contribution in [3.8, 4) is 0 Å². The number of nitrogens with one attached hydrogen (secondary N) is 3. The van der Waals surface area contributed by atoms with Crippen LogP contribution in [0, 0.1) is 0 Å². The molecular weight excluding hydrogens is 515 g/mol. The fraction of sp³-hybridized carbons (Fsp3) is 0.280. The van der Waals surface area contributed by atoms with Crippen molar-refractivity contribution in [3.05, 3.63) is 89.9 Å². The zero-order valence-corrected chi connectivity index (χ0v) is 20.5. The number of amides is 1. The predicted molar refractivity (Wildman–Crippen MR) is 139 cm³/mol. The van der Waals surface area contributed by atoms with E-state index in [2.05, 4.69) is 51.3 Å². The number of furan rings is 1. The average Bonchev–Trinajstić information content (AvgIpc) is 3.31. The maximum absolute atomic E-state index is 12.2. The van der Waals surface area contributed by atoms with Crippen molar-refractivity contribution in [1.29, 1.82) is 0 Å². The quantitative estimate of drug-likeness (QED) is 0.224. The van der Waals surface area contributed by atoms with Crippen molar-refractivity contribution >= 4 is 41.5 Å². The van der Waals surface area contributed by atoms with Gasteiger partial charge in [0.15, 0.2) is 11.7 Å². The van der Waals surface area contributed by atoms with Gasteiger partial charge >= 0.3 is 0 Å². The molecule has 1 aliphatic rings. The molecule has 1 aromatic heterocycles. The smallest absolute Gasteiger partial charge is 0.291 e. The van der Waals surface area contributed by atoms with Gasteiger partial charge < -0.3 is 20.4 Å². The minimum Gasteiger partial charge on any atom is -0.459 e. The maximum Gasteiger partial charge on any atom is 0.291 e. The molecule has 1 fully saturated rings. The van der Waals surface area contributed by atoms with Crippen LogP contribution in [0.1, 0.15) is 40.9 Å². The second-order valence-electron chi connectivity index (χ2n) is 7.91. The van der Waals surface area contributed by atoms with Crippen LogP contribution in [0.25, 0.3) is 0 Å². The fourth-order valence-electron chi connectivity index (χ4n) is 3.98. The summed E-state index contributed by atoms with van der Waals surface area (Å²) in [6, 6.07) is 21.8. The fourth-order valence-corrected chi connectivity index (χ4v) is 3.98. The molecule has 0 radical (unpaired) electrons. The van der Waals surface area contributed by atoms with E-state index < -0.39 is 0 Å². The van der Waals surface area contributed by atoms with Gasteiger partial charge in [0, 0.05) is 31.2 Å². The van der Waals surface area contributed by atoms with Crippen LogP contribution in [0.15, 0.2) is 82.4 Å². The lowest BCUT2D eigenvalue weighted by atomic mass is 9.64. The molecule has 1 saturated carbocycles. The Balaban J connectivity index is 0.00000289. The molecule has 3 aromatic rings. The van der Waals surface area contributed by atoms with Gasteiger partial charge in [-0.1, -0.05) is 48.9 Å². The molecule has 1 amide bonds. The molecule has 0 unspecified atom stereocenters. The topological polar surface area (TPSA) is 78.7 Å². The molecule has 168 valence electrons. The Hall–Kier alpha value is -2.81. The van der Waals surface area contributed by atoms with E-state index in [1.165, 1.54) is 31.1 Å². The molecular formula is C25H29IN4O2. The monoisotopic (exact) mass is 544 g/mol. The summed E-state index contributed by atoms with van der Waals surface area (Å²) in [5.74, 6) is 0.794. The molecule has 1 aliphatic carbocycles. The lowest BCUT2D eigenvalue weighted by Crippen LogP contribution is -2.48. The number of nitrogens with zero attached hydrogens (tertiary/aromatic N) is 1. The summed E-state index contributed by atoms with van der Waals surface area (Å²) < 4.78 is 5.14. The molecule has 0 aliphatic heterocycles. The average molecular weight is 544 g/mol. The molecule has 7 heteroatoms. The number of halogens is 1. The Kier molecular flexibility index (Phi) is 8.33. The lowest BCUT2D eigenvalue weighted by molar-refractivity contribution is 0.0996. The van der Waals surface area contributed by atoms with E-state index in [4.69, 9.17) is 4.42 Å². The third-order valence-corrected chi connectivity index (χ3v) is 5.90. The normalized spacial score (nSPS) is 14.6. The molecule has 3 N–H and O–H groups in total. The third kappa shape index (κ3) is 5.70. The van der Waals surface area contributed by atoms with E-state index in [1.807, 2.05) is 24.3 Å². The van der Waals surface area contributed by atoms with E-state index in [1.54, 1.807) is 19.2 Å². The van der Waals surface area contributed by atoms with Crippen LogP contribution in [-0.4, -0.2) is 25.5 Å². The molecule has 0 spiro atoms. The van der Waals surface area contributed by atoms with Gasteiger partial charge in [0.2, 0.25) is 0 Å². The van der Waals surface area contributed by atoms with Crippen LogP contribution in [0.4, 0.5) is 5.69 Å². The molecule has 6 nitrogen and oxygen atoms in total. The number of aliphatic imine (C=N–C) groups is 1. The highest BCUT2D eigenvalue weighted by atomic mass is 127. The van der Waals surface area contributed by atoms with Crippen molar-refractivity contribution in [2.45, 2.75) is 31.2 Å². The predicted octanol–water partition coefficient (Wildman–Crippen LogP) is 4.94. The molecule has 0 bridgehead atoms. The van der Waals surface area contributed by atoms with Gasteiger partial charge in [0.1, 0.15) is 0 Å². The van der Waals surface area contributed by atoms with Gasteiger partial charge in [-0.25, -0.2) is 0 Å². The first-order valence-electron chi connectivity index (χ1n) is 10.6. The Morgan fingerprint density at radius 3 is 2.50 bits per heavy atom. The number of carbonyl (C=O) groups excluding carboxylic acids is 1. The number of carbonyl (C=O) groups is 1. The standard InChI is InChI=1S/C25H28N4O2.HI/c1-26-24(28-18-25(13-7-14-25)20-9-3-2-4-10-20)27-17-19-8-5-11-21(16-19)29-23(30)22-12-6-15-31-22;/h2-6,8-12,15-16H,7,13-14,17-18H2,1H3,(H,29,30)(H2,26,27,28);1H. The number of hydrogen-bond acceptors (Lipinski definition) is 3. The van der Waals surface area contributed by atoms with E-state index in [9.17, 15) is 4.79 Å². The Morgan fingerprint density at radius 2 is 1.84 bits per heavy atom. The number of rotatable bonds is 7. The van der Waals surface area contributed by atoms with Crippen molar-refractivity contribution < 1.29 is 9.21 Å². The summed E-state index contributed by atoms with van der Waals surface area (Å²) in [4.78, 5) is 16.6. The van der Waals surface area contributed by atoms with Gasteiger partial charge in [-0.15, -0.1) is 24.0 Å². The third-order valence-electron chi connectivity index (χ3n) is 5.90. The minimum atomic E-state index is -0.265. The second kappa shape index (κ2) is 11.2. The van der Waals surface area contributed by atoms with Crippen LogP contribution in [0.3, 0.4) is 0 Å². The largest absolute Gasteiger partial charge is 0.459 e. The molecule has 0 atom stereocenters. The number of hydrogen-bond donors (Lipinski definition) is 3. The van der Waals surface area contributed by atoms with E-state index >= 15 is 0 Å². The first-order chi connectivity index (χ1) is 15.2. The highest BCUT2D eigenvalue weighted by Crippen LogP contribution is 2.43. The van der Waals surface area contributed by atoms with E-state index in [0.29, 0.717) is 6.54 Å². The zero-order chi connectivity index (χ0) is 21.5. The van der Waals surface area contributed by atoms with Crippen molar-refractivity contribution in [1.82, 2.24) is 10.6 Å². The summed E-state index contributed by atoms with van der Waals surface area (Å²) in [5, 5.41) is 9.74. The SMILES string of the molecule is CN=C(NCc1cccc(NC(=O)c2ccco2)c1)NCC1(c2ccccc2)CCC1.I. The van der Waals surface area contributed by atoms with Crippen LogP contribution < -0.4 is 16.0 Å². The Morgan fingerprint density at radius 1 is 1.03 bits per heavy atom. The van der Waals surface area contributed by atoms with Crippen LogP contribution in [-0.2, 0) is 12.0 Å². The highest BCUT2D eigenvalue weighted by Gasteiger charge is 2.38. The summed E-state index contributed by atoms with van der Waals surface area (Å²) >= 11 is 0. The number of benzene rings is 2. The van der Waals surface area contributed by atoms with Gasteiger partial charge in [-0.2, -0.15) is 0 Å². The molecule has 1 heterocycles. The van der Waals surface area contributed by atoms with Crippen LogP contribution in [0.5, 0.6) is 0 Å². The van der Waals surface area contributed by atoms with Crippen molar-refractivity contribution in [2.24, 2.45) is 4.99 Å². The highest BCUT2D eigenvalue weighted by molar-refractivity contribution is 14.0. The minimum absolute atomic E-state index is 0. The number of anilines is 1. The Labute approximate surface area is 205 Å². The second-order valence-corrected chi connectivity index (χ2v) is 7.91. The summed E-state index contributed by atoms with van der Waals surface area (Å²) in [7, 11) is 1.78. The molecule has 4 rings (SSSR count). The van der Waals surface area contributed by atoms with Crippen LogP contribution >= 0.6 is 24.0 Å².